The van der Waals surface area contributed by atoms with Gasteiger partial charge >= 0.3 is 5.97 Å². The van der Waals surface area contributed by atoms with E-state index in [0.717, 1.165) is 12.8 Å². The molecule has 0 spiro atoms. The first-order valence-corrected chi connectivity index (χ1v) is 5.02. The highest BCUT2D eigenvalue weighted by atomic mass is 16.4. The third-order valence-electron chi connectivity index (χ3n) is 2.79. The molecule has 0 heterocycles. The zero-order valence-corrected chi connectivity index (χ0v) is 8.84. The van der Waals surface area contributed by atoms with E-state index in [1.54, 1.807) is 0 Å². The Labute approximate surface area is 80.3 Å². The van der Waals surface area contributed by atoms with Gasteiger partial charge in [0.2, 0.25) is 0 Å². The Bertz CT molecular complexity index is 164. The van der Waals surface area contributed by atoms with Crippen LogP contribution >= 0.6 is 0 Å². The lowest BCUT2D eigenvalue weighted by Crippen LogP contribution is -2.45. The second kappa shape index (κ2) is 5.22. The van der Waals surface area contributed by atoms with Gasteiger partial charge in [0.05, 0.1) is 6.42 Å². The molecule has 0 aliphatic heterocycles. The number of aliphatic carboxylic acids is 1. The van der Waals surface area contributed by atoms with Gasteiger partial charge in [0.25, 0.3) is 0 Å². The first-order valence-electron chi connectivity index (χ1n) is 5.02. The number of carboxylic acids is 1. The lowest BCUT2D eigenvalue weighted by Gasteiger charge is -2.42. The largest absolute Gasteiger partial charge is 0.481 e. The third-order valence-corrected chi connectivity index (χ3v) is 2.79. The average Bonchev–Trinajstić information content (AvgIpc) is 2.02. The summed E-state index contributed by atoms with van der Waals surface area (Å²) in [5, 5.41) is 8.49. The van der Waals surface area contributed by atoms with Crippen molar-refractivity contribution >= 4 is 5.97 Å². The lowest BCUT2D eigenvalue weighted by atomic mass is 9.65. The van der Waals surface area contributed by atoms with Crippen LogP contribution in [0.3, 0.4) is 0 Å². The van der Waals surface area contributed by atoms with E-state index in [0.29, 0.717) is 0 Å². The Morgan fingerprint density at radius 3 is 2.23 bits per heavy atom. The van der Waals surface area contributed by atoms with Gasteiger partial charge in [-0.3, -0.25) is 4.79 Å². The number of carboxylic acid groups (broad SMARTS) is 1. The Hall–Kier alpha value is -0.570. The normalized spacial score (nSPS) is 20.6. The standard InChI is InChI=1S/C8H15NO2.C2H6/c1-8(3-2-4-8)6(9)5-7(10)11;1-2/h6H,2-5,9H2,1H3,(H,10,11);1-2H3. The van der Waals surface area contributed by atoms with E-state index < -0.39 is 5.97 Å². The van der Waals surface area contributed by atoms with E-state index in [1.807, 2.05) is 13.8 Å². The van der Waals surface area contributed by atoms with Crippen molar-refractivity contribution in [1.29, 1.82) is 0 Å². The van der Waals surface area contributed by atoms with Crippen molar-refractivity contribution in [1.82, 2.24) is 0 Å². The van der Waals surface area contributed by atoms with Crippen LogP contribution in [0.15, 0.2) is 0 Å². The zero-order valence-electron chi connectivity index (χ0n) is 8.84. The summed E-state index contributed by atoms with van der Waals surface area (Å²) < 4.78 is 0. The maximum absolute atomic E-state index is 10.3. The predicted molar refractivity (Wildman–Crippen MR) is 53.5 cm³/mol. The summed E-state index contributed by atoms with van der Waals surface area (Å²) in [4.78, 5) is 10.3. The van der Waals surface area contributed by atoms with Crippen molar-refractivity contribution in [3.8, 4) is 0 Å². The summed E-state index contributed by atoms with van der Waals surface area (Å²) in [6, 6.07) is -0.159. The molecule has 1 fully saturated rings. The molecule has 0 aromatic carbocycles. The van der Waals surface area contributed by atoms with E-state index in [1.165, 1.54) is 6.42 Å². The van der Waals surface area contributed by atoms with Crippen molar-refractivity contribution in [3.05, 3.63) is 0 Å². The zero-order chi connectivity index (χ0) is 10.5. The topological polar surface area (TPSA) is 63.3 Å². The van der Waals surface area contributed by atoms with Crippen molar-refractivity contribution in [2.24, 2.45) is 11.1 Å². The second-order valence-electron chi connectivity index (χ2n) is 3.71. The molecule has 3 nitrogen and oxygen atoms in total. The molecule has 0 radical (unpaired) electrons. The predicted octanol–water partition coefficient (Wildman–Crippen LogP) is 2.00. The highest BCUT2D eigenvalue weighted by molar-refractivity contribution is 5.67. The molecule has 0 aromatic rings. The minimum absolute atomic E-state index is 0.108. The molecule has 0 bridgehead atoms. The molecule has 3 N–H and O–H groups in total. The number of hydrogen-bond donors (Lipinski definition) is 2. The van der Waals surface area contributed by atoms with Crippen molar-refractivity contribution < 1.29 is 9.90 Å². The van der Waals surface area contributed by atoms with Crippen molar-refractivity contribution in [2.45, 2.75) is 52.5 Å². The summed E-state index contributed by atoms with van der Waals surface area (Å²) in [5.41, 5.74) is 5.84. The van der Waals surface area contributed by atoms with E-state index in [4.69, 9.17) is 10.8 Å². The van der Waals surface area contributed by atoms with Crippen LogP contribution < -0.4 is 5.73 Å². The van der Waals surface area contributed by atoms with Crippen LogP contribution in [0.1, 0.15) is 46.5 Å². The summed E-state index contributed by atoms with van der Waals surface area (Å²) >= 11 is 0. The van der Waals surface area contributed by atoms with E-state index in [2.05, 4.69) is 6.92 Å². The second-order valence-corrected chi connectivity index (χ2v) is 3.71. The molecule has 1 aliphatic rings. The molecule has 13 heavy (non-hydrogen) atoms. The monoisotopic (exact) mass is 187 g/mol. The number of carbonyl (C=O) groups is 1. The Balaban J connectivity index is 0.000000671. The van der Waals surface area contributed by atoms with Crippen LogP contribution in [0, 0.1) is 5.41 Å². The Morgan fingerprint density at radius 2 is 2.00 bits per heavy atom. The molecule has 1 atom stereocenters. The van der Waals surface area contributed by atoms with Gasteiger partial charge in [0.1, 0.15) is 0 Å². The SMILES string of the molecule is CC.CC1(C(N)CC(=O)O)CCC1. The molecule has 0 amide bonds. The summed E-state index contributed by atoms with van der Waals surface area (Å²) in [5.74, 6) is -0.786. The van der Waals surface area contributed by atoms with Crippen molar-refractivity contribution in [3.63, 3.8) is 0 Å². The number of rotatable bonds is 3. The van der Waals surface area contributed by atoms with Gasteiger partial charge in [-0.2, -0.15) is 0 Å². The maximum atomic E-state index is 10.3. The highest BCUT2D eigenvalue weighted by Crippen LogP contribution is 2.43. The van der Waals surface area contributed by atoms with Gasteiger partial charge < -0.3 is 10.8 Å². The van der Waals surface area contributed by atoms with Gasteiger partial charge in [0.15, 0.2) is 0 Å². The molecule has 78 valence electrons. The summed E-state index contributed by atoms with van der Waals surface area (Å²) in [6.45, 7) is 6.07. The Kier molecular flexibility index (Phi) is 4.99. The molecule has 3 heteroatoms. The fourth-order valence-electron chi connectivity index (χ4n) is 1.54. The summed E-state index contributed by atoms with van der Waals surface area (Å²) in [6.07, 6.45) is 3.48. The van der Waals surface area contributed by atoms with Crippen LogP contribution in [0.4, 0.5) is 0 Å². The third kappa shape index (κ3) is 3.35. The van der Waals surface area contributed by atoms with Gasteiger partial charge in [0, 0.05) is 6.04 Å². The Morgan fingerprint density at radius 1 is 1.54 bits per heavy atom. The number of hydrogen-bond acceptors (Lipinski definition) is 2. The van der Waals surface area contributed by atoms with Crippen LogP contribution in [0.5, 0.6) is 0 Å². The minimum Gasteiger partial charge on any atom is -0.481 e. The van der Waals surface area contributed by atoms with E-state index in [-0.39, 0.29) is 17.9 Å². The first kappa shape index (κ1) is 12.4. The molecule has 1 saturated carbocycles. The molecule has 0 aromatic heterocycles. The van der Waals surface area contributed by atoms with Crippen LogP contribution in [-0.2, 0) is 4.79 Å². The molecule has 1 rings (SSSR count). The molecule has 1 unspecified atom stereocenters. The molecular weight excluding hydrogens is 166 g/mol. The number of nitrogens with two attached hydrogens (primary N) is 1. The van der Waals surface area contributed by atoms with E-state index in [9.17, 15) is 4.79 Å². The fraction of sp³-hybridized carbons (Fsp3) is 0.900. The fourth-order valence-corrected chi connectivity index (χ4v) is 1.54. The highest BCUT2D eigenvalue weighted by Gasteiger charge is 2.38. The first-order chi connectivity index (χ1) is 6.04. The van der Waals surface area contributed by atoms with Gasteiger partial charge in [-0.05, 0) is 18.3 Å². The van der Waals surface area contributed by atoms with Gasteiger partial charge in [-0.1, -0.05) is 27.2 Å². The van der Waals surface area contributed by atoms with Crippen LogP contribution in [0.2, 0.25) is 0 Å². The lowest BCUT2D eigenvalue weighted by molar-refractivity contribution is -0.138. The summed E-state index contributed by atoms with van der Waals surface area (Å²) in [7, 11) is 0. The molecular formula is C10H21NO2. The van der Waals surface area contributed by atoms with Crippen LogP contribution in [-0.4, -0.2) is 17.1 Å². The quantitative estimate of drug-likeness (QED) is 0.710. The average molecular weight is 187 g/mol. The van der Waals surface area contributed by atoms with Gasteiger partial charge in [-0.15, -0.1) is 0 Å². The van der Waals surface area contributed by atoms with E-state index >= 15 is 0 Å². The molecule has 1 aliphatic carbocycles. The maximum Gasteiger partial charge on any atom is 0.304 e. The molecule has 0 saturated heterocycles. The van der Waals surface area contributed by atoms with Gasteiger partial charge in [-0.25, -0.2) is 0 Å². The smallest absolute Gasteiger partial charge is 0.304 e. The van der Waals surface area contributed by atoms with Crippen molar-refractivity contribution in [2.75, 3.05) is 0 Å². The van der Waals surface area contributed by atoms with Crippen LogP contribution in [0.25, 0.3) is 0 Å². The minimum atomic E-state index is -0.786.